The number of amides is 1. The first kappa shape index (κ1) is 30.6. The second-order valence-electron chi connectivity index (χ2n) is 11.8. The Hall–Kier alpha value is -3.38. The Bertz CT molecular complexity index is 1180. The second-order valence-corrected chi connectivity index (χ2v) is 11.8. The summed E-state index contributed by atoms with van der Waals surface area (Å²) in [5, 5.41) is 3.39. The predicted molar refractivity (Wildman–Crippen MR) is 169 cm³/mol. The van der Waals surface area contributed by atoms with E-state index in [9.17, 15) is 4.79 Å². The lowest BCUT2D eigenvalue weighted by atomic mass is 9.99. The topological polar surface area (TPSA) is 57.7 Å². The van der Waals surface area contributed by atoms with Gasteiger partial charge in [-0.3, -0.25) is 4.79 Å². The van der Waals surface area contributed by atoms with Gasteiger partial charge in [0, 0.05) is 43.0 Å². The van der Waals surface area contributed by atoms with Gasteiger partial charge in [-0.15, -0.1) is 0 Å². The first-order valence-corrected chi connectivity index (χ1v) is 15.4. The van der Waals surface area contributed by atoms with Crippen LogP contribution in [0.15, 0.2) is 66.9 Å². The van der Waals surface area contributed by atoms with E-state index in [0.717, 1.165) is 61.4 Å². The molecule has 6 heteroatoms. The molecule has 4 rings (SSSR count). The number of aromatic nitrogens is 1. The molecule has 0 aliphatic carbocycles. The van der Waals surface area contributed by atoms with Crippen LogP contribution in [-0.4, -0.2) is 53.5 Å². The van der Waals surface area contributed by atoms with Gasteiger partial charge in [0.1, 0.15) is 0 Å². The summed E-state index contributed by atoms with van der Waals surface area (Å²) in [5.41, 5.74) is 5.12. The Morgan fingerprint density at radius 3 is 2.27 bits per heavy atom. The van der Waals surface area contributed by atoms with E-state index < -0.39 is 0 Å². The Kier molecular flexibility index (Phi) is 11.6. The summed E-state index contributed by atoms with van der Waals surface area (Å²) in [4.78, 5) is 22.9. The van der Waals surface area contributed by atoms with Crippen molar-refractivity contribution in [2.45, 2.75) is 78.3 Å². The molecule has 1 saturated heterocycles. The molecule has 0 spiro atoms. The average molecular weight is 557 g/mol. The molecule has 6 nitrogen and oxygen atoms in total. The smallest absolute Gasteiger partial charge is 0.254 e. The monoisotopic (exact) mass is 556 g/mol. The number of likely N-dealkylation sites (tertiary alicyclic amines) is 1. The van der Waals surface area contributed by atoms with Gasteiger partial charge in [0.25, 0.3) is 5.91 Å². The predicted octanol–water partition coefficient (Wildman–Crippen LogP) is 7.72. The van der Waals surface area contributed by atoms with Crippen LogP contribution in [0.1, 0.15) is 80.8 Å². The molecule has 2 heterocycles. The fourth-order valence-electron chi connectivity index (χ4n) is 5.45. The lowest BCUT2D eigenvalue weighted by Gasteiger charge is -2.39. The van der Waals surface area contributed by atoms with Crippen molar-refractivity contribution in [2.75, 3.05) is 32.1 Å². The number of nitrogens with one attached hydrogen (secondary N) is 1. The molecule has 0 bridgehead atoms. The van der Waals surface area contributed by atoms with E-state index in [1.54, 1.807) is 13.3 Å². The molecule has 1 N–H and O–H groups in total. The number of carbonyl (C=O) groups is 1. The molecule has 0 saturated carbocycles. The molecule has 1 amide bonds. The van der Waals surface area contributed by atoms with E-state index in [0.29, 0.717) is 18.3 Å². The maximum Gasteiger partial charge on any atom is 0.254 e. The van der Waals surface area contributed by atoms with Crippen molar-refractivity contribution < 1.29 is 9.53 Å². The van der Waals surface area contributed by atoms with Crippen molar-refractivity contribution in [3.05, 3.63) is 83.6 Å². The molecule has 1 aliphatic rings. The third-order valence-corrected chi connectivity index (χ3v) is 8.09. The van der Waals surface area contributed by atoms with Crippen LogP contribution in [0.4, 0.5) is 11.4 Å². The van der Waals surface area contributed by atoms with Crippen LogP contribution >= 0.6 is 0 Å². The van der Waals surface area contributed by atoms with Gasteiger partial charge in [-0.05, 0) is 86.0 Å². The molecule has 1 aromatic heterocycles. The number of hydrogen-bond acceptors (Lipinski definition) is 5. The summed E-state index contributed by atoms with van der Waals surface area (Å²) in [6, 6.07) is 20.8. The van der Waals surface area contributed by atoms with E-state index >= 15 is 0 Å². The van der Waals surface area contributed by atoms with Crippen LogP contribution in [0.3, 0.4) is 0 Å². The van der Waals surface area contributed by atoms with E-state index in [1.807, 2.05) is 24.3 Å². The third kappa shape index (κ3) is 9.32. The van der Waals surface area contributed by atoms with Gasteiger partial charge < -0.3 is 19.9 Å². The lowest BCUT2D eigenvalue weighted by molar-refractivity contribution is 0.0546. The SMILES string of the molecule is CCCCCc1ccc(C(=O)N(Cc2ccc(Nc3ccc(OC)nc3)cc2)C2CCN(CCC(C)C)CC2)cc1. The maximum absolute atomic E-state index is 14.0. The lowest BCUT2D eigenvalue weighted by Crippen LogP contribution is -2.47. The molecule has 0 radical (unpaired) electrons. The highest BCUT2D eigenvalue weighted by atomic mass is 16.5. The summed E-state index contributed by atoms with van der Waals surface area (Å²) in [7, 11) is 1.61. The number of rotatable bonds is 14. The molecule has 0 unspecified atom stereocenters. The Morgan fingerprint density at radius 1 is 0.976 bits per heavy atom. The van der Waals surface area contributed by atoms with Crippen LogP contribution < -0.4 is 10.1 Å². The van der Waals surface area contributed by atoms with E-state index in [4.69, 9.17) is 4.74 Å². The number of pyridine rings is 1. The number of anilines is 2. The van der Waals surface area contributed by atoms with Gasteiger partial charge in [0.05, 0.1) is 19.0 Å². The van der Waals surface area contributed by atoms with Crippen LogP contribution in [0.2, 0.25) is 0 Å². The van der Waals surface area contributed by atoms with Crippen molar-refractivity contribution in [3.63, 3.8) is 0 Å². The molecule has 2 aromatic carbocycles. The fourth-order valence-corrected chi connectivity index (χ4v) is 5.45. The molecular formula is C35H48N4O2. The number of methoxy groups -OCH3 is 1. The zero-order chi connectivity index (χ0) is 29.0. The third-order valence-electron chi connectivity index (χ3n) is 8.09. The maximum atomic E-state index is 14.0. The fraction of sp³-hybridized carbons (Fsp3) is 0.486. The van der Waals surface area contributed by atoms with Gasteiger partial charge in [-0.1, -0.05) is 57.9 Å². The molecule has 0 atom stereocenters. The van der Waals surface area contributed by atoms with Crippen molar-refractivity contribution in [2.24, 2.45) is 5.92 Å². The van der Waals surface area contributed by atoms with Crippen LogP contribution in [0, 0.1) is 5.92 Å². The molecule has 3 aromatic rings. The number of piperidine rings is 1. The largest absolute Gasteiger partial charge is 0.481 e. The normalized spacial score (nSPS) is 14.3. The summed E-state index contributed by atoms with van der Waals surface area (Å²) < 4.78 is 5.15. The highest BCUT2D eigenvalue weighted by Gasteiger charge is 2.29. The number of ether oxygens (including phenoxy) is 1. The minimum absolute atomic E-state index is 0.136. The molecule has 220 valence electrons. The summed E-state index contributed by atoms with van der Waals surface area (Å²) in [6.45, 7) is 10.7. The number of benzene rings is 2. The Morgan fingerprint density at radius 2 is 1.66 bits per heavy atom. The number of carbonyl (C=O) groups excluding carboxylic acids is 1. The summed E-state index contributed by atoms with van der Waals surface area (Å²) >= 11 is 0. The van der Waals surface area contributed by atoms with Crippen molar-refractivity contribution in [1.29, 1.82) is 0 Å². The number of nitrogens with zero attached hydrogens (tertiary/aromatic N) is 3. The Labute approximate surface area is 247 Å². The standard InChI is InChI=1S/C35H48N4O2/c1-5-6-7-8-28-9-13-30(14-10-28)35(40)39(33-20-23-38(24-21-33)22-19-27(2)3)26-29-11-15-31(16-12-29)37-32-17-18-34(41-4)36-25-32/h9-18,25,27,33,37H,5-8,19-24,26H2,1-4H3. The van der Waals surface area contributed by atoms with Gasteiger partial charge in [0.2, 0.25) is 5.88 Å². The zero-order valence-corrected chi connectivity index (χ0v) is 25.4. The summed E-state index contributed by atoms with van der Waals surface area (Å²) in [5.74, 6) is 1.44. The summed E-state index contributed by atoms with van der Waals surface area (Å²) in [6.07, 6.45) is 9.76. The van der Waals surface area contributed by atoms with E-state index in [2.05, 4.69) is 77.3 Å². The number of hydrogen-bond donors (Lipinski definition) is 1. The van der Waals surface area contributed by atoms with Crippen molar-refractivity contribution >= 4 is 17.3 Å². The highest BCUT2D eigenvalue weighted by molar-refractivity contribution is 5.94. The minimum atomic E-state index is 0.136. The zero-order valence-electron chi connectivity index (χ0n) is 25.4. The minimum Gasteiger partial charge on any atom is -0.481 e. The first-order valence-electron chi connectivity index (χ1n) is 15.4. The highest BCUT2D eigenvalue weighted by Crippen LogP contribution is 2.24. The van der Waals surface area contributed by atoms with Crippen LogP contribution in [0.5, 0.6) is 5.88 Å². The van der Waals surface area contributed by atoms with E-state index in [-0.39, 0.29) is 11.9 Å². The molecule has 1 aliphatic heterocycles. The van der Waals surface area contributed by atoms with Gasteiger partial charge in [-0.25, -0.2) is 4.98 Å². The quantitative estimate of drug-likeness (QED) is 0.206. The van der Waals surface area contributed by atoms with Crippen LogP contribution in [-0.2, 0) is 13.0 Å². The van der Waals surface area contributed by atoms with Gasteiger partial charge in [0.15, 0.2) is 0 Å². The van der Waals surface area contributed by atoms with Gasteiger partial charge >= 0.3 is 0 Å². The van der Waals surface area contributed by atoms with Crippen molar-refractivity contribution in [1.82, 2.24) is 14.8 Å². The Balaban J connectivity index is 1.45. The number of unbranched alkanes of at least 4 members (excludes halogenated alkanes) is 2. The van der Waals surface area contributed by atoms with Crippen molar-refractivity contribution in [3.8, 4) is 5.88 Å². The first-order chi connectivity index (χ1) is 19.9. The van der Waals surface area contributed by atoms with E-state index in [1.165, 1.54) is 31.2 Å². The molecule has 41 heavy (non-hydrogen) atoms. The molecular weight excluding hydrogens is 508 g/mol. The number of aryl methyl sites for hydroxylation is 1. The average Bonchev–Trinajstić information content (AvgIpc) is 3.00. The molecule has 1 fully saturated rings. The second kappa shape index (κ2) is 15.6. The van der Waals surface area contributed by atoms with Crippen LogP contribution in [0.25, 0.3) is 0 Å². The van der Waals surface area contributed by atoms with Gasteiger partial charge in [-0.2, -0.15) is 0 Å².